The van der Waals surface area contributed by atoms with Crippen LogP contribution in [-0.4, -0.2) is 10.7 Å². The standard InChI is InChI=1S/C12H14ClF3N2S/c1-11(2,3)18-10(19)17-9-6-7(12(14,15)16)4-5-8(9)13/h4-6H,1-3H3,(H2,17,18,19). The Bertz CT molecular complexity index is 481. The maximum absolute atomic E-state index is 12.6. The van der Waals surface area contributed by atoms with Gasteiger partial charge in [0.05, 0.1) is 16.3 Å². The lowest BCUT2D eigenvalue weighted by atomic mass is 10.1. The van der Waals surface area contributed by atoms with E-state index < -0.39 is 11.7 Å². The molecule has 2 N–H and O–H groups in total. The monoisotopic (exact) mass is 310 g/mol. The predicted molar refractivity (Wildman–Crippen MR) is 75.6 cm³/mol. The molecule has 0 atom stereocenters. The SMILES string of the molecule is CC(C)(C)NC(=S)Nc1cc(C(F)(F)F)ccc1Cl. The van der Waals surface area contributed by atoms with E-state index in [9.17, 15) is 13.2 Å². The van der Waals surface area contributed by atoms with Gasteiger partial charge in [0.2, 0.25) is 0 Å². The third-order valence-corrected chi connectivity index (χ3v) is 2.56. The van der Waals surface area contributed by atoms with Crippen LogP contribution in [-0.2, 0) is 6.18 Å². The van der Waals surface area contributed by atoms with Gasteiger partial charge in [-0.2, -0.15) is 13.2 Å². The van der Waals surface area contributed by atoms with E-state index >= 15 is 0 Å². The highest BCUT2D eigenvalue weighted by Crippen LogP contribution is 2.33. The summed E-state index contributed by atoms with van der Waals surface area (Å²) in [5, 5.41) is 5.99. The number of thiocarbonyl (C=S) groups is 1. The number of hydrogen-bond acceptors (Lipinski definition) is 1. The van der Waals surface area contributed by atoms with E-state index in [1.165, 1.54) is 6.07 Å². The minimum absolute atomic E-state index is 0.123. The zero-order chi connectivity index (χ0) is 14.8. The first-order valence-electron chi connectivity index (χ1n) is 5.45. The summed E-state index contributed by atoms with van der Waals surface area (Å²) in [4.78, 5) is 0. The smallest absolute Gasteiger partial charge is 0.358 e. The molecule has 19 heavy (non-hydrogen) atoms. The van der Waals surface area contributed by atoms with E-state index in [0.29, 0.717) is 0 Å². The molecule has 0 aromatic heterocycles. The summed E-state index contributed by atoms with van der Waals surface area (Å²) < 4.78 is 37.8. The molecule has 0 radical (unpaired) electrons. The van der Waals surface area contributed by atoms with Crippen molar-refractivity contribution in [3.8, 4) is 0 Å². The van der Waals surface area contributed by atoms with Crippen LogP contribution >= 0.6 is 23.8 Å². The number of alkyl halides is 3. The lowest BCUT2D eigenvalue weighted by Crippen LogP contribution is -2.43. The third kappa shape index (κ3) is 5.24. The summed E-state index contributed by atoms with van der Waals surface area (Å²) in [6.45, 7) is 5.65. The maximum Gasteiger partial charge on any atom is 0.416 e. The number of rotatable bonds is 1. The molecule has 0 heterocycles. The second-order valence-electron chi connectivity index (χ2n) is 5.02. The fourth-order valence-electron chi connectivity index (χ4n) is 1.29. The lowest BCUT2D eigenvalue weighted by Gasteiger charge is -2.23. The van der Waals surface area contributed by atoms with Gasteiger partial charge < -0.3 is 10.6 Å². The maximum atomic E-state index is 12.6. The molecule has 0 unspecified atom stereocenters. The Labute approximate surface area is 120 Å². The zero-order valence-electron chi connectivity index (χ0n) is 10.7. The van der Waals surface area contributed by atoms with E-state index in [1.54, 1.807) is 0 Å². The van der Waals surface area contributed by atoms with Crippen LogP contribution in [0.25, 0.3) is 0 Å². The molecule has 0 bridgehead atoms. The molecule has 106 valence electrons. The van der Waals surface area contributed by atoms with Crippen LogP contribution in [0.3, 0.4) is 0 Å². The van der Waals surface area contributed by atoms with Crippen molar-refractivity contribution in [3.63, 3.8) is 0 Å². The van der Waals surface area contributed by atoms with E-state index in [2.05, 4.69) is 10.6 Å². The van der Waals surface area contributed by atoms with E-state index in [4.69, 9.17) is 23.8 Å². The Morgan fingerprint density at radius 3 is 2.26 bits per heavy atom. The Morgan fingerprint density at radius 2 is 1.79 bits per heavy atom. The Balaban J connectivity index is 2.92. The predicted octanol–water partition coefficient (Wildman–Crippen LogP) is 4.44. The molecule has 1 aromatic rings. The van der Waals surface area contributed by atoms with Crippen molar-refractivity contribution in [2.75, 3.05) is 5.32 Å². The molecule has 0 saturated carbocycles. The molecule has 0 saturated heterocycles. The fourth-order valence-corrected chi connectivity index (χ4v) is 1.87. The van der Waals surface area contributed by atoms with Gasteiger partial charge in [-0.3, -0.25) is 0 Å². The fraction of sp³-hybridized carbons (Fsp3) is 0.417. The third-order valence-electron chi connectivity index (χ3n) is 2.03. The molecule has 7 heteroatoms. The highest BCUT2D eigenvalue weighted by atomic mass is 35.5. The molecular weight excluding hydrogens is 297 g/mol. The quantitative estimate of drug-likeness (QED) is 0.750. The summed E-state index contributed by atoms with van der Waals surface area (Å²) in [7, 11) is 0. The first-order valence-corrected chi connectivity index (χ1v) is 6.23. The molecule has 0 aliphatic rings. The van der Waals surface area contributed by atoms with Crippen molar-refractivity contribution in [2.45, 2.75) is 32.5 Å². The number of halogens is 4. The molecule has 0 amide bonds. The number of benzene rings is 1. The molecule has 2 nitrogen and oxygen atoms in total. The number of hydrogen-bond donors (Lipinski definition) is 2. The highest BCUT2D eigenvalue weighted by molar-refractivity contribution is 7.80. The van der Waals surface area contributed by atoms with Crippen LogP contribution in [0.2, 0.25) is 5.02 Å². The summed E-state index contributed by atoms with van der Waals surface area (Å²) in [6, 6.07) is 3.04. The van der Waals surface area contributed by atoms with Gasteiger partial charge in [-0.15, -0.1) is 0 Å². The summed E-state index contributed by atoms with van der Waals surface area (Å²) in [5.41, 5.74) is -0.950. The van der Waals surface area contributed by atoms with E-state index in [1.807, 2.05) is 20.8 Å². The number of nitrogens with one attached hydrogen (secondary N) is 2. The minimum atomic E-state index is -4.42. The van der Waals surface area contributed by atoms with Gasteiger partial charge in [0.25, 0.3) is 0 Å². The Morgan fingerprint density at radius 1 is 1.21 bits per heavy atom. The van der Waals surface area contributed by atoms with Gasteiger partial charge in [-0.25, -0.2) is 0 Å². The van der Waals surface area contributed by atoms with E-state index in [0.717, 1.165) is 12.1 Å². The first kappa shape index (κ1) is 16.0. The van der Waals surface area contributed by atoms with Gasteiger partial charge in [-0.1, -0.05) is 11.6 Å². The molecule has 0 fully saturated rings. The number of anilines is 1. The van der Waals surface area contributed by atoms with Crippen LogP contribution in [0.1, 0.15) is 26.3 Å². The molecule has 1 aromatic carbocycles. The van der Waals surface area contributed by atoms with Crippen LogP contribution in [0.15, 0.2) is 18.2 Å². The second kappa shape index (κ2) is 5.54. The first-order chi connectivity index (χ1) is 8.49. The molecule has 0 spiro atoms. The van der Waals surface area contributed by atoms with Crippen LogP contribution in [0.4, 0.5) is 18.9 Å². The summed E-state index contributed by atoms with van der Waals surface area (Å²) in [5.74, 6) is 0. The van der Waals surface area contributed by atoms with Crippen LogP contribution in [0, 0.1) is 0 Å². The summed E-state index contributed by atoms with van der Waals surface area (Å²) in [6.07, 6.45) is -4.42. The molecule has 1 rings (SSSR count). The van der Waals surface area contributed by atoms with Crippen molar-refractivity contribution >= 4 is 34.6 Å². The van der Waals surface area contributed by atoms with Crippen LogP contribution < -0.4 is 10.6 Å². The van der Waals surface area contributed by atoms with Gasteiger partial charge in [0.1, 0.15) is 0 Å². The lowest BCUT2D eigenvalue weighted by molar-refractivity contribution is -0.137. The van der Waals surface area contributed by atoms with Crippen molar-refractivity contribution in [1.82, 2.24) is 5.32 Å². The second-order valence-corrected chi connectivity index (χ2v) is 5.84. The van der Waals surface area contributed by atoms with Crippen LogP contribution in [0.5, 0.6) is 0 Å². The topological polar surface area (TPSA) is 24.1 Å². The van der Waals surface area contributed by atoms with E-state index in [-0.39, 0.29) is 21.4 Å². The van der Waals surface area contributed by atoms with Crippen molar-refractivity contribution in [1.29, 1.82) is 0 Å². The average molecular weight is 311 g/mol. The zero-order valence-corrected chi connectivity index (χ0v) is 12.2. The highest BCUT2D eigenvalue weighted by Gasteiger charge is 2.31. The molecule has 0 aliphatic heterocycles. The van der Waals surface area contributed by atoms with Gasteiger partial charge in [0.15, 0.2) is 5.11 Å². The van der Waals surface area contributed by atoms with Crippen molar-refractivity contribution in [3.05, 3.63) is 28.8 Å². The average Bonchev–Trinajstić information content (AvgIpc) is 2.16. The van der Waals surface area contributed by atoms with Gasteiger partial charge in [0, 0.05) is 5.54 Å². The summed E-state index contributed by atoms with van der Waals surface area (Å²) >= 11 is 10.9. The molecular formula is C12H14ClF3N2S. The van der Waals surface area contributed by atoms with Crippen molar-refractivity contribution < 1.29 is 13.2 Å². The molecule has 0 aliphatic carbocycles. The van der Waals surface area contributed by atoms with Gasteiger partial charge in [-0.05, 0) is 51.2 Å². The minimum Gasteiger partial charge on any atom is -0.358 e. The normalized spacial score (nSPS) is 12.2. The Kier molecular flexibility index (Phi) is 4.68. The largest absolute Gasteiger partial charge is 0.416 e. The van der Waals surface area contributed by atoms with Gasteiger partial charge >= 0.3 is 6.18 Å². The Hall–Kier alpha value is -1.01. The van der Waals surface area contributed by atoms with Crippen molar-refractivity contribution in [2.24, 2.45) is 0 Å².